The highest BCUT2D eigenvalue weighted by atomic mass is 16.5. The quantitative estimate of drug-likeness (QED) is 0.477. The summed E-state index contributed by atoms with van der Waals surface area (Å²) in [5.41, 5.74) is 1.41. The number of hydrogen-bond acceptors (Lipinski definition) is 1. The third-order valence-electron chi connectivity index (χ3n) is 2.07. The molecular formula is C12H18O. The first-order valence-electron chi connectivity index (χ1n) is 4.81. The van der Waals surface area contributed by atoms with Crippen molar-refractivity contribution >= 4 is 0 Å². The average molecular weight is 178 g/mol. The van der Waals surface area contributed by atoms with Crippen LogP contribution in [0.25, 0.3) is 0 Å². The second-order valence-electron chi connectivity index (χ2n) is 3.73. The van der Waals surface area contributed by atoms with Crippen molar-refractivity contribution in [3.05, 3.63) is 36.5 Å². The third-order valence-corrected chi connectivity index (χ3v) is 2.07. The summed E-state index contributed by atoms with van der Waals surface area (Å²) in [6.45, 7) is 9.67. The van der Waals surface area contributed by atoms with E-state index in [2.05, 4.69) is 32.6 Å². The second-order valence-corrected chi connectivity index (χ2v) is 3.73. The molecule has 13 heavy (non-hydrogen) atoms. The fraction of sp³-hybridized carbons (Fsp3) is 0.500. The Balaban J connectivity index is 2.63. The zero-order chi connectivity index (χ0) is 9.68. The number of rotatable bonds is 3. The highest BCUT2D eigenvalue weighted by Gasteiger charge is 2.18. The zero-order valence-electron chi connectivity index (χ0n) is 8.49. The van der Waals surface area contributed by atoms with Crippen LogP contribution in [0.3, 0.4) is 0 Å². The van der Waals surface area contributed by atoms with Crippen molar-refractivity contribution in [1.29, 1.82) is 0 Å². The second kappa shape index (κ2) is 5.03. The van der Waals surface area contributed by atoms with Gasteiger partial charge in [-0.15, -0.1) is 0 Å². The molecule has 0 spiro atoms. The van der Waals surface area contributed by atoms with E-state index in [-0.39, 0.29) is 0 Å². The van der Waals surface area contributed by atoms with Crippen LogP contribution in [0.1, 0.15) is 13.8 Å². The highest BCUT2D eigenvalue weighted by Crippen LogP contribution is 2.22. The van der Waals surface area contributed by atoms with Crippen molar-refractivity contribution in [1.82, 2.24) is 0 Å². The van der Waals surface area contributed by atoms with Gasteiger partial charge in [-0.1, -0.05) is 44.7 Å². The van der Waals surface area contributed by atoms with E-state index < -0.39 is 0 Å². The molecule has 1 atom stereocenters. The average Bonchev–Trinajstić information content (AvgIpc) is 2.48. The summed E-state index contributed by atoms with van der Waals surface area (Å²) >= 11 is 0. The maximum absolute atomic E-state index is 5.41. The summed E-state index contributed by atoms with van der Waals surface area (Å²) in [6.07, 6.45) is 8.26. The molecule has 0 aromatic heterocycles. The molecule has 0 aliphatic carbocycles. The van der Waals surface area contributed by atoms with E-state index in [1.54, 1.807) is 0 Å². The van der Waals surface area contributed by atoms with Crippen LogP contribution < -0.4 is 0 Å². The van der Waals surface area contributed by atoms with Crippen molar-refractivity contribution in [2.75, 3.05) is 13.2 Å². The number of allylic oxidation sites excluding steroid dienone is 3. The summed E-state index contributed by atoms with van der Waals surface area (Å²) in [4.78, 5) is 0. The van der Waals surface area contributed by atoms with Crippen LogP contribution in [0, 0.1) is 11.8 Å². The smallest absolute Gasteiger partial charge is 0.0683 e. The minimum atomic E-state index is 0.473. The van der Waals surface area contributed by atoms with Crippen molar-refractivity contribution in [3.8, 4) is 0 Å². The predicted molar refractivity (Wildman–Crippen MR) is 56.6 cm³/mol. The molecular weight excluding hydrogens is 160 g/mol. The standard InChI is InChI=1S/C12H18O/c1-4-5-6-11-8-13-9-12(11)7-10(2)3/h4-7,10-11H,1,8-9H2,2-3H3/b6-5-,12-7+. The first-order valence-corrected chi connectivity index (χ1v) is 4.81. The molecule has 0 aromatic rings. The van der Waals surface area contributed by atoms with Crippen molar-refractivity contribution < 1.29 is 4.74 Å². The molecule has 0 radical (unpaired) electrons. The van der Waals surface area contributed by atoms with E-state index in [1.165, 1.54) is 5.57 Å². The van der Waals surface area contributed by atoms with Gasteiger partial charge in [-0.3, -0.25) is 0 Å². The van der Waals surface area contributed by atoms with E-state index >= 15 is 0 Å². The lowest BCUT2D eigenvalue weighted by Crippen LogP contribution is -1.98. The van der Waals surface area contributed by atoms with Crippen molar-refractivity contribution in [2.24, 2.45) is 11.8 Å². The van der Waals surface area contributed by atoms with Crippen molar-refractivity contribution in [2.45, 2.75) is 13.8 Å². The first-order chi connectivity index (χ1) is 6.24. The van der Waals surface area contributed by atoms with E-state index in [0.29, 0.717) is 11.8 Å². The molecule has 1 saturated heterocycles. The Morgan fingerprint density at radius 2 is 2.31 bits per heavy atom. The zero-order valence-corrected chi connectivity index (χ0v) is 8.49. The normalized spacial score (nSPS) is 26.4. The van der Waals surface area contributed by atoms with Gasteiger partial charge in [-0.25, -0.2) is 0 Å². The molecule has 1 rings (SSSR count). The summed E-state index contributed by atoms with van der Waals surface area (Å²) in [6, 6.07) is 0. The molecule has 1 heterocycles. The summed E-state index contributed by atoms with van der Waals surface area (Å²) in [5, 5.41) is 0. The fourth-order valence-corrected chi connectivity index (χ4v) is 1.51. The Bertz CT molecular complexity index is 223. The van der Waals surface area contributed by atoms with Crippen LogP contribution in [0.5, 0.6) is 0 Å². The van der Waals surface area contributed by atoms with Gasteiger partial charge in [0, 0.05) is 5.92 Å². The van der Waals surface area contributed by atoms with Crippen LogP contribution in [0.15, 0.2) is 36.5 Å². The molecule has 1 fully saturated rings. The fourth-order valence-electron chi connectivity index (χ4n) is 1.51. The van der Waals surface area contributed by atoms with Gasteiger partial charge >= 0.3 is 0 Å². The molecule has 1 aliphatic rings. The SMILES string of the molecule is C=C/C=C\C1COC/C1=C\C(C)C. The molecule has 1 nitrogen and oxygen atoms in total. The first kappa shape index (κ1) is 10.3. The molecule has 1 unspecified atom stereocenters. The lowest BCUT2D eigenvalue weighted by Gasteiger charge is -2.05. The van der Waals surface area contributed by atoms with Gasteiger partial charge in [-0.2, -0.15) is 0 Å². The molecule has 1 aliphatic heterocycles. The minimum absolute atomic E-state index is 0.473. The molecule has 0 amide bonds. The monoisotopic (exact) mass is 178 g/mol. The van der Waals surface area contributed by atoms with Crippen molar-refractivity contribution in [3.63, 3.8) is 0 Å². The highest BCUT2D eigenvalue weighted by molar-refractivity contribution is 5.19. The van der Waals surface area contributed by atoms with Crippen LogP contribution in [-0.4, -0.2) is 13.2 Å². The van der Waals surface area contributed by atoms with Gasteiger partial charge < -0.3 is 4.74 Å². The van der Waals surface area contributed by atoms with Gasteiger partial charge in [0.05, 0.1) is 13.2 Å². The molecule has 0 aromatic carbocycles. The van der Waals surface area contributed by atoms with Crippen LogP contribution in [0.2, 0.25) is 0 Å². The van der Waals surface area contributed by atoms with Gasteiger partial charge in [-0.05, 0) is 11.5 Å². The van der Waals surface area contributed by atoms with E-state index in [9.17, 15) is 0 Å². The molecule has 0 saturated carbocycles. The number of hydrogen-bond donors (Lipinski definition) is 0. The predicted octanol–water partition coefficient (Wildman–Crippen LogP) is 2.96. The van der Waals surface area contributed by atoms with Gasteiger partial charge in [0.25, 0.3) is 0 Å². The minimum Gasteiger partial charge on any atom is -0.376 e. The van der Waals surface area contributed by atoms with Crippen LogP contribution >= 0.6 is 0 Å². The Hall–Kier alpha value is -0.820. The van der Waals surface area contributed by atoms with E-state index in [1.807, 2.05) is 12.2 Å². The van der Waals surface area contributed by atoms with Gasteiger partial charge in [0.1, 0.15) is 0 Å². The van der Waals surface area contributed by atoms with E-state index in [0.717, 1.165) is 13.2 Å². The summed E-state index contributed by atoms with van der Waals surface area (Å²) in [7, 11) is 0. The topological polar surface area (TPSA) is 9.23 Å². The molecule has 0 bridgehead atoms. The van der Waals surface area contributed by atoms with Crippen LogP contribution in [-0.2, 0) is 4.74 Å². The third kappa shape index (κ3) is 3.19. The Morgan fingerprint density at radius 3 is 2.92 bits per heavy atom. The lowest BCUT2D eigenvalue weighted by atomic mass is 9.99. The maximum atomic E-state index is 5.41. The summed E-state index contributed by atoms with van der Waals surface area (Å²) in [5.74, 6) is 1.08. The summed E-state index contributed by atoms with van der Waals surface area (Å²) < 4.78 is 5.41. The number of ether oxygens (including phenoxy) is 1. The molecule has 1 heteroatoms. The molecule has 0 N–H and O–H groups in total. The Morgan fingerprint density at radius 1 is 1.54 bits per heavy atom. The molecule has 72 valence electrons. The Kier molecular flexibility index (Phi) is 3.97. The lowest BCUT2D eigenvalue weighted by molar-refractivity contribution is 0.195. The largest absolute Gasteiger partial charge is 0.376 e. The van der Waals surface area contributed by atoms with E-state index in [4.69, 9.17) is 4.74 Å². The van der Waals surface area contributed by atoms with Gasteiger partial charge in [0.15, 0.2) is 0 Å². The Labute approximate surface area is 80.8 Å². The van der Waals surface area contributed by atoms with Crippen LogP contribution in [0.4, 0.5) is 0 Å². The maximum Gasteiger partial charge on any atom is 0.0683 e. The van der Waals surface area contributed by atoms with Gasteiger partial charge in [0.2, 0.25) is 0 Å².